The van der Waals surface area contributed by atoms with E-state index >= 15 is 0 Å². The second-order valence-corrected chi connectivity index (χ2v) is 8.18. The van der Waals surface area contributed by atoms with Crippen LogP contribution in [-0.2, 0) is 11.3 Å². The van der Waals surface area contributed by atoms with E-state index in [1.165, 1.54) is 5.56 Å². The summed E-state index contributed by atoms with van der Waals surface area (Å²) in [5, 5.41) is 6.50. The Kier molecular flexibility index (Phi) is 5.33. The van der Waals surface area contributed by atoms with E-state index in [0.717, 1.165) is 56.5 Å². The monoisotopic (exact) mass is 370 g/mol. The molecular formula is C20H26N4OS. The number of hydrogen-bond donors (Lipinski definition) is 1. The van der Waals surface area contributed by atoms with Gasteiger partial charge in [-0.05, 0) is 19.0 Å². The zero-order valence-corrected chi connectivity index (χ0v) is 16.0. The number of amides is 1. The van der Waals surface area contributed by atoms with Crippen LogP contribution in [0.15, 0.2) is 35.7 Å². The second-order valence-electron chi connectivity index (χ2n) is 7.32. The number of nitrogens with one attached hydrogen (secondary N) is 1. The highest BCUT2D eigenvalue weighted by Crippen LogP contribution is 2.24. The van der Waals surface area contributed by atoms with Gasteiger partial charge in [-0.25, -0.2) is 4.98 Å². The summed E-state index contributed by atoms with van der Waals surface area (Å²) in [7, 11) is 0. The first kappa shape index (κ1) is 17.6. The Bertz CT molecular complexity index is 735. The van der Waals surface area contributed by atoms with Gasteiger partial charge in [-0.1, -0.05) is 37.3 Å². The number of hydrogen-bond acceptors (Lipinski definition) is 5. The molecule has 6 heteroatoms. The summed E-state index contributed by atoms with van der Waals surface area (Å²) in [6.07, 6.45) is 0. The Morgan fingerprint density at radius 2 is 1.96 bits per heavy atom. The third-order valence-corrected chi connectivity index (χ3v) is 6.49. The van der Waals surface area contributed by atoms with Gasteiger partial charge in [-0.2, -0.15) is 0 Å². The van der Waals surface area contributed by atoms with E-state index < -0.39 is 0 Å². The third-order valence-electron chi connectivity index (χ3n) is 5.55. The molecule has 0 saturated carbocycles. The number of nitrogens with zero attached hydrogens (tertiary/aromatic N) is 3. The van der Waals surface area contributed by atoms with Crippen molar-refractivity contribution in [3.05, 3.63) is 41.4 Å². The van der Waals surface area contributed by atoms with Crippen LogP contribution in [0.2, 0.25) is 0 Å². The molecule has 0 spiro atoms. The molecule has 1 N–H and O–H groups in total. The molecule has 0 bridgehead atoms. The van der Waals surface area contributed by atoms with E-state index in [4.69, 9.17) is 4.98 Å². The highest BCUT2D eigenvalue weighted by molar-refractivity contribution is 7.13. The summed E-state index contributed by atoms with van der Waals surface area (Å²) < 4.78 is 0. The van der Waals surface area contributed by atoms with E-state index in [-0.39, 0.29) is 5.92 Å². The predicted octanol–water partition coefficient (Wildman–Crippen LogP) is 2.31. The molecule has 2 saturated heterocycles. The van der Waals surface area contributed by atoms with Crippen molar-refractivity contribution in [1.82, 2.24) is 20.1 Å². The fourth-order valence-electron chi connectivity index (χ4n) is 3.60. The molecule has 0 radical (unpaired) electrons. The topological polar surface area (TPSA) is 48.5 Å². The van der Waals surface area contributed by atoms with Crippen LogP contribution in [0.3, 0.4) is 0 Å². The predicted molar refractivity (Wildman–Crippen MR) is 105 cm³/mol. The number of carbonyl (C=O) groups is 1. The summed E-state index contributed by atoms with van der Waals surface area (Å²) in [4.78, 5) is 21.9. The summed E-state index contributed by atoms with van der Waals surface area (Å²) in [5.41, 5.74) is 2.31. The van der Waals surface area contributed by atoms with Crippen LogP contribution in [0.5, 0.6) is 0 Å². The van der Waals surface area contributed by atoms with Gasteiger partial charge in [0, 0.05) is 49.6 Å². The molecule has 5 nitrogen and oxygen atoms in total. The normalized spacial score (nSPS) is 20.0. The average Bonchev–Trinajstić information content (AvgIpc) is 3.09. The molecule has 26 heavy (non-hydrogen) atoms. The van der Waals surface area contributed by atoms with Crippen LogP contribution in [0, 0.1) is 11.8 Å². The number of carbonyl (C=O) groups excluding carboxylic acids is 1. The number of benzene rings is 1. The highest BCUT2D eigenvalue weighted by Gasteiger charge is 2.32. The first-order chi connectivity index (χ1) is 12.7. The van der Waals surface area contributed by atoms with Gasteiger partial charge >= 0.3 is 0 Å². The largest absolute Gasteiger partial charge is 0.340 e. The number of rotatable bonds is 5. The van der Waals surface area contributed by atoms with Crippen LogP contribution >= 0.6 is 11.3 Å². The van der Waals surface area contributed by atoms with Crippen LogP contribution in [0.1, 0.15) is 12.6 Å². The Hall–Kier alpha value is -1.76. The molecule has 2 aliphatic rings. The maximum Gasteiger partial charge on any atom is 0.225 e. The van der Waals surface area contributed by atoms with Crippen molar-refractivity contribution in [3.63, 3.8) is 0 Å². The average molecular weight is 371 g/mol. The van der Waals surface area contributed by atoms with Gasteiger partial charge in [-0.3, -0.25) is 9.69 Å². The van der Waals surface area contributed by atoms with Gasteiger partial charge < -0.3 is 10.2 Å². The first-order valence-corrected chi connectivity index (χ1v) is 10.3. The fourth-order valence-corrected chi connectivity index (χ4v) is 4.42. The molecule has 1 amide bonds. The zero-order valence-electron chi connectivity index (χ0n) is 15.2. The number of piperazine rings is 1. The molecule has 2 aliphatic heterocycles. The van der Waals surface area contributed by atoms with Crippen molar-refractivity contribution < 1.29 is 4.79 Å². The fraction of sp³-hybridized carbons (Fsp3) is 0.500. The van der Waals surface area contributed by atoms with Gasteiger partial charge in [-0.15, -0.1) is 11.3 Å². The van der Waals surface area contributed by atoms with Crippen LogP contribution in [0.4, 0.5) is 0 Å². The molecule has 1 atom stereocenters. The zero-order chi connectivity index (χ0) is 17.9. The molecular weight excluding hydrogens is 344 g/mol. The van der Waals surface area contributed by atoms with Crippen molar-refractivity contribution in [1.29, 1.82) is 0 Å². The van der Waals surface area contributed by atoms with Gasteiger partial charge in [0.1, 0.15) is 5.01 Å². The van der Waals surface area contributed by atoms with Gasteiger partial charge in [0.2, 0.25) is 5.91 Å². The van der Waals surface area contributed by atoms with Gasteiger partial charge in [0.05, 0.1) is 5.69 Å². The molecule has 1 unspecified atom stereocenters. The van der Waals surface area contributed by atoms with Crippen molar-refractivity contribution in [3.8, 4) is 10.6 Å². The SMILES string of the molecule is CC(C(=O)N1CCN(Cc2csc(-c3ccccc3)n2)CC1)C1CNC1. The molecule has 0 aliphatic carbocycles. The summed E-state index contributed by atoms with van der Waals surface area (Å²) in [6, 6.07) is 10.3. The molecule has 2 aromatic rings. The van der Waals surface area contributed by atoms with Crippen molar-refractivity contribution >= 4 is 17.2 Å². The maximum absolute atomic E-state index is 12.6. The maximum atomic E-state index is 12.6. The molecule has 4 rings (SSSR count). The van der Waals surface area contributed by atoms with Crippen LogP contribution in [0.25, 0.3) is 10.6 Å². The Balaban J connectivity index is 1.29. The molecule has 2 fully saturated rings. The second kappa shape index (κ2) is 7.86. The molecule has 138 valence electrons. The minimum Gasteiger partial charge on any atom is -0.340 e. The van der Waals surface area contributed by atoms with Crippen molar-refractivity contribution in [2.75, 3.05) is 39.3 Å². The highest BCUT2D eigenvalue weighted by atomic mass is 32.1. The Morgan fingerprint density at radius 3 is 2.62 bits per heavy atom. The minimum atomic E-state index is 0.148. The van der Waals surface area contributed by atoms with E-state index in [9.17, 15) is 4.79 Å². The first-order valence-electron chi connectivity index (χ1n) is 9.42. The lowest BCUT2D eigenvalue weighted by Gasteiger charge is -2.39. The lowest BCUT2D eigenvalue weighted by Crippen LogP contribution is -2.54. The van der Waals surface area contributed by atoms with Crippen LogP contribution in [-0.4, -0.2) is 60.0 Å². The van der Waals surface area contributed by atoms with E-state index in [1.807, 2.05) is 18.2 Å². The van der Waals surface area contributed by atoms with E-state index in [2.05, 4.69) is 39.6 Å². The smallest absolute Gasteiger partial charge is 0.225 e. The van der Waals surface area contributed by atoms with E-state index in [0.29, 0.717) is 11.8 Å². The Morgan fingerprint density at radius 1 is 1.23 bits per heavy atom. The number of thiazole rings is 1. The summed E-state index contributed by atoms with van der Waals surface area (Å²) in [6.45, 7) is 8.45. The molecule has 1 aromatic carbocycles. The van der Waals surface area contributed by atoms with Crippen LogP contribution < -0.4 is 5.32 Å². The van der Waals surface area contributed by atoms with Gasteiger partial charge in [0.25, 0.3) is 0 Å². The van der Waals surface area contributed by atoms with Crippen molar-refractivity contribution in [2.24, 2.45) is 11.8 Å². The minimum absolute atomic E-state index is 0.148. The van der Waals surface area contributed by atoms with E-state index in [1.54, 1.807) is 11.3 Å². The number of aromatic nitrogens is 1. The standard InChI is InChI=1S/C20H26N4OS/c1-15(17-11-21-12-17)20(25)24-9-7-23(8-10-24)13-18-14-26-19(22-18)16-5-3-2-4-6-16/h2-6,14-15,17,21H,7-13H2,1H3. The molecule has 3 heterocycles. The Labute approximate surface area is 159 Å². The summed E-state index contributed by atoms with van der Waals surface area (Å²) in [5.74, 6) is 0.998. The molecule has 1 aromatic heterocycles. The van der Waals surface area contributed by atoms with Crippen molar-refractivity contribution in [2.45, 2.75) is 13.5 Å². The summed E-state index contributed by atoms with van der Waals surface area (Å²) >= 11 is 1.70. The van der Waals surface area contributed by atoms with Gasteiger partial charge in [0.15, 0.2) is 0 Å². The lowest BCUT2D eigenvalue weighted by atomic mass is 9.88. The third kappa shape index (κ3) is 3.82. The lowest BCUT2D eigenvalue weighted by molar-refractivity contribution is -0.139. The quantitative estimate of drug-likeness (QED) is 0.877.